The van der Waals surface area contributed by atoms with E-state index in [1.807, 2.05) is 30.3 Å². The number of hydrogen-bond acceptors (Lipinski definition) is 6. The van der Waals surface area contributed by atoms with Gasteiger partial charge in [-0.05, 0) is 36.8 Å². The lowest BCUT2D eigenvalue weighted by atomic mass is 10.2. The Morgan fingerprint density at radius 1 is 1.20 bits per heavy atom. The lowest BCUT2D eigenvalue weighted by molar-refractivity contribution is 0.0466. The molecule has 5 nitrogen and oxygen atoms in total. The van der Waals surface area contributed by atoms with Crippen molar-refractivity contribution in [1.29, 1.82) is 0 Å². The molecule has 0 N–H and O–H groups in total. The third kappa shape index (κ3) is 4.64. The van der Waals surface area contributed by atoms with Crippen molar-refractivity contribution in [1.82, 2.24) is 9.97 Å². The fourth-order valence-electron chi connectivity index (χ4n) is 2.12. The molecule has 128 valence electrons. The minimum absolute atomic E-state index is 0.184. The van der Waals surface area contributed by atoms with E-state index in [-0.39, 0.29) is 6.61 Å². The molecule has 2 heterocycles. The summed E-state index contributed by atoms with van der Waals surface area (Å²) in [7, 11) is 0. The van der Waals surface area contributed by atoms with Crippen molar-refractivity contribution in [3.63, 3.8) is 0 Å². The Hall–Kier alpha value is -2.73. The first kappa shape index (κ1) is 17.1. The third-order valence-corrected chi connectivity index (χ3v) is 4.27. The van der Waals surface area contributed by atoms with E-state index in [4.69, 9.17) is 9.47 Å². The summed E-state index contributed by atoms with van der Waals surface area (Å²) in [4.78, 5) is 20.5. The molecule has 0 spiro atoms. The van der Waals surface area contributed by atoms with Crippen LogP contribution in [0.3, 0.4) is 0 Å². The van der Waals surface area contributed by atoms with Crippen LogP contribution in [0.15, 0.2) is 54.2 Å². The molecule has 0 bridgehead atoms. The number of esters is 1. The van der Waals surface area contributed by atoms with Crippen LogP contribution in [0, 0.1) is 0 Å². The number of carbonyl (C=O) groups is 1. The summed E-state index contributed by atoms with van der Waals surface area (Å²) in [5, 5.41) is 2.48. The lowest BCUT2D eigenvalue weighted by Crippen LogP contribution is -2.05. The Balaban J connectivity index is 1.62. The summed E-state index contributed by atoms with van der Waals surface area (Å²) in [6.45, 7) is 2.95. The maximum absolute atomic E-state index is 12.1. The van der Waals surface area contributed by atoms with Gasteiger partial charge >= 0.3 is 5.97 Å². The lowest BCUT2D eigenvalue weighted by Gasteiger charge is -2.04. The molecule has 0 amide bonds. The van der Waals surface area contributed by atoms with Gasteiger partial charge in [-0.25, -0.2) is 9.78 Å². The second kappa shape index (κ2) is 8.39. The summed E-state index contributed by atoms with van der Waals surface area (Å²) in [5.41, 5.74) is 2.10. The predicted octanol–water partition coefficient (Wildman–Crippen LogP) is 4.35. The van der Waals surface area contributed by atoms with Crippen LogP contribution < -0.4 is 4.74 Å². The third-order valence-electron chi connectivity index (χ3n) is 3.38. The first-order valence-corrected chi connectivity index (χ1v) is 8.89. The molecule has 0 aliphatic rings. The van der Waals surface area contributed by atoms with Gasteiger partial charge in [0.1, 0.15) is 17.4 Å². The maximum Gasteiger partial charge on any atom is 0.358 e. The van der Waals surface area contributed by atoms with Gasteiger partial charge in [0.05, 0.1) is 6.61 Å². The highest BCUT2D eigenvalue weighted by molar-refractivity contribution is 7.13. The monoisotopic (exact) mass is 354 g/mol. The van der Waals surface area contributed by atoms with Crippen molar-refractivity contribution in [2.24, 2.45) is 0 Å². The molecule has 25 heavy (non-hydrogen) atoms. The van der Waals surface area contributed by atoms with Crippen LogP contribution >= 0.6 is 11.3 Å². The van der Waals surface area contributed by atoms with Gasteiger partial charge in [0.15, 0.2) is 5.69 Å². The molecule has 3 rings (SSSR count). The molecule has 1 aromatic carbocycles. The number of hydrogen-bond donors (Lipinski definition) is 0. The van der Waals surface area contributed by atoms with E-state index in [9.17, 15) is 4.79 Å². The summed E-state index contributed by atoms with van der Waals surface area (Å²) in [6.07, 6.45) is 4.32. The number of pyridine rings is 1. The van der Waals surface area contributed by atoms with Gasteiger partial charge in [0.2, 0.25) is 0 Å². The standard InChI is InChI=1S/C19H18N2O3S/c1-2-10-23-16-7-5-15(6-8-16)18-21-17(13-25-18)19(22)24-12-14-4-3-9-20-11-14/h3-9,11,13H,2,10,12H2,1H3. The largest absolute Gasteiger partial charge is 0.494 e. The topological polar surface area (TPSA) is 61.3 Å². The molecule has 6 heteroatoms. The molecule has 0 atom stereocenters. The van der Waals surface area contributed by atoms with Crippen molar-refractivity contribution >= 4 is 17.3 Å². The first-order chi connectivity index (χ1) is 12.3. The van der Waals surface area contributed by atoms with Crippen LogP contribution in [0.1, 0.15) is 29.4 Å². The Bertz CT molecular complexity index is 816. The Kier molecular flexibility index (Phi) is 5.74. The average Bonchev–Trinajstić information content (AvgIpc) is 3.16. The minimum Gasteiger partial charge on any atom is -0.494 e. The second-order valence-corrected chi connectivity index (χ2v) is 6.21. The van der Waals surface area contributed by atoms with Crippen LogP contribution in [0.5, 0.6) is 5.75 Å². The van der Waals surface area contributed by atoms with Crippen molar-refractivity contribution in [3.05, 3.63) is 65.4 Å². The molecule has 2 aromatic heterocycles. The van der Waals surface area contributed by atoms with Crippen molar-refractivity contribution in [2.45, 2.75) is 20.0 Å². The summed E-state index contributed by atoms with van der Waals surface area (Å²) >= 11 is 1.41. The predicted molar refractivity (Wildman–Crippen MR) is 96.7 cm³/mol. The van der Waals surface area contributed by atoms with Gasteiger partial charge in [0, 0.05) is 28.9 Å². The molecule has 0 radical (unpaired) electrons. The smallest absolute Gasteiger partial charge is 0.358 e. The molecule has 0 aliphatic carbocycles. The highest BCUT2D eigenvalue weighted by Gasteiger charge is 2.13. The van der Waals surface area contributed by atoms with Gasteiger partial charge in [-0.15, -0.1) is 11.3 Å². The Morgan fingerprint density at radius 3 is 2.76 bits per heavy atom. The molecule has 0 fully saturated rings. The summed E-state index contributed by atoms with van der Waals surface area (Å²) < 4.78 is 10.8. The molecule has 3 aromatic rings. The van der Waals surface area contributed by atoms with Crippen LogP contribution in [0.4, 0.5) is 0 Å². The zero-order valence-corrected chi connectivity index (χ0v) is 14.7. The van der Waals surface area contributed by atoms with Crippen molar-refractivity contribution in [2.75, 3.05) is 6.61 Å². The maximum atomic E-state index is 12.1. The normalized spacial score (nSPS) is 10.4. The number of ether oxygens (including phenoxy) is 2. The molecule has 0 saturated carbocycles. The van der Waals surface area contributed by atoms with E-state index >= 15 is 0 Å². The van der Waals surface area contributed by atoms with E-state index in [2.05, 4.69) is 16.9 Å². The number of benzene rings is 1. The van der Waals surface area contributed by atoms with Gasteiger partial charge < -0.3 is 9.47 Å². The van der Waals surface area contributed by atoms with E-state index < -0.39 is 5.97 Å². The van der Waals surface area contributed by atoms with E-state index in [0.29, 0.717) is 12.3 Å². The quantitative estimate of drug-likeness (QED) is 0.590. The molecule has 0 unspecified atom stereocenters. The van der Waals surface area contributed by atoms with E-state index in [0.717, 1.165) is 28.3 Å². The molecular weight excluding hydrogens is 336 g/mol. The fraction of sp³-hybridized carbons (Fsp3) is 0.211. The van der Waals surface area contributed by atoms with Crippen molar-refractivity contribution in [3.8, 4) is 16.3 Å². The first-order valence-electron chi connectivity index (χ1n) is 8.01. The number of thiazole rings is 1. The van der Waals surface area contributed by atoms with Crippen LogP contribution in [0.2, 0.25) is 0 Å². The zero-order valence-electron chi connectivity index (χ0n) is 13.8. The Labute approximate surface area is 150 Å². The number of rotatable bonds is 7. The molecule has 0 saturated heterocycles. The van der Waals surface area contributed by atoms with Gasteiger partial charge in [0.25, 0.3) is 0 Å². The van der Waals surface area contributed by atoms with Crippen LogP contribution in [-0.4, -0.2) is 22.5 Å². The average molecular weight is 354 g/mol. The van der Waals surface area contributed by atoms with Gasteiger partial charge in [-0.2, -0.15) is 0 Å². The fourth-order valence-corrected chi connectivity index (χ4v) is 2.92. The van der Waals surface area contributed by atoms with Gasteiger partial charge in [-0.3, -0.25) is 4.98 Å². The van der Waals surface area contributed by atoms with Crippen LogP contribution in [-0.2, 0) is 11.3 Å². The minimum atomic E-state index is -0.436. The number of aromatic nitrogens is 2. The second-order valence-electron chi connectivity index (χ2n) is 5.35. The van der Waals surface area contributed by atoms with Gasteiger partial charge in [-0.1, -0.05) is 13.0 Å². The molecular formula is C19H18N2O3S. The number of nitrogens with zero attached hydrogens (tertiary/aromatic N) is 2. The molecule has 0 aliphatic heterocycles. The summed E-state index contributed by atoms with van der Waals surface area (Å²) in [5.74, 6) is 0.396. The van der Waals surface area contributed by atoms with E-state index in [1.54, 1.807) is 23.8 Å². The number of carbonyl (C=O) groups excluding carboxylic acids is 1. The van der Waals surface area contributed by atoms with E-state index in [1.165, 1.54) is 11.3 Å². The Morgan fingerprint density at radius 2 is 2.04 bits per heavy atom. The SMILES string of the molecule is CCCOc1ccc(-c2nc(C(=O)OCc3cccnc3)cs2)cc1. The summed E-state index contributed by atoms with van der Waals surface area (Å²) in [6, 6.07) is 11.4. The van der Waals surface area contributed by atoms with Crippen molar-refractivity contribution < 1.29 is 14.3 Å². The highest BCUT2D eigenvalue weighted by atomic mass is 32.1. The van der Waals surface area contributed by atoms with Crippen LogP contribution in [0.25, 0.3) is 10.6 Å². The zero-order chi connectivity index (χ0) is 17.5. The highest BCUT2D eigenvalue weighted by Crippen LogP contribution is 2.26.